The standard InChI is InChI=1S/C27H21ClFN3O2S2/c1-31(19-11-9-18(29)10-12-19)24-8-4-7-23(30-24)27(17-13-14-36-16-17)15-22(33)25(26(34)32(27)35)20-5-2-3-6-21(20)28/h2-14,16,25,35H,15H2,1H3. The molecule has 0 spiro atoms. The number of thiol groups is 1. The smallest absolute Gasteiger partial charge is 0.248 e. The number of ketones is 1. The summed E-state index contributed by atoms with van der Waals surface area (Å²) in [5, 5.41) is 4.15. The second kappa shape index (κ2) is 9.69. The number of hydrogen-bond acceptors (Lipinski definition) is 6. The number of benzene rings is 2. The highest BCUT2D eigenvalue weighted by Gasteiger charge is 2.53. The van der Waals surface area contributed by atoms with E-state index in [1.807, 2.05) is 40.9 Å². The highest BCUT2D eigenvalue weighted by Crippen LogP contribution is 2.48. The number of carbonyl (C=O) groups is 2. The Morgan fingerprint density at radius 1 is 1.08 bits per heavy atom. The summed E-state index contributed by atoms with van der Waals surface area (Å²) in [6, 6.07) is 20.2. The molecule has 0 bridgehead atoms. The summed E-state index contributed by atoms with van der Waals surface area (Å²) in [4.78, 5) is 34.1. The van der Waals surface area contributed by atoms with Crippen molar-refractivity contribution in [3.05, 3.63) is 111 Å². The van der Waals surface area contributed by atoms with Gasteiger partial charge >= 0.3 is 0 Å². The van der Waals surface area contributed by atoms with Crippen LogP contribution in [0.15, 0.2) is 83.6 Å². The molecule has 4 aromatic rings. The molecule has 1 saturated heterocycles. The van der Waals surface area contributed by atoms with E-state index >= 15 is 0 Å². The molecule has 5 nitrogen and oxygen atoms in total. The van der Waals surface area contributed by atoms with E-state index in [-0.39, 0.29) is 18.0 Å². The molecule has 0 radical (unpaired) electrons. The Bertz CT molecular complexity index is 1430. The second-order valence-electron chi connectivity index (χ2n) is 8.54. The molecule has 1 amide bonds. The molecule has 2 atom stereocenters. The molecule has 9 heteroatoms. The van der Waals surface area contributed by atoms with E-state index in [1.165, 1.54) is 27.8 Å². The molecule has 2 aromatic carbocycles. The van der Waals surface area contributed by atoms with Crippen LogP contribution in [0.1, 0.15) is 29.2 Å². The van der Waals surface area contributed by atoms with Crippen LogP contribution >= 0.6 is 35.8 Å². The minimum Gasteiger partial charge on any atom is -0.329 e. The van der Waals surface area contributed by atoms with E-state index in [4.69, 9.17) is 16.6 Å². The molecule has 1 aliphatic heterocycles. The number of aromatic nitrogens is 1. The highest BCUT2D eigenvalue weighted by atomic mass is 35.5. The third kappa shape index (κ3) is 4.09. The molecule has 1 aliphatic rings. The number of anilines is 2. The highest BCUT2D eigenvalue weighted by molar-refractivity contribution is 7.78. The summed E-state index contributed by atoms with van der Waals surface area (Å²) in [5.41, 5.74) is 1.24. The second-order valence-corrected chi connectivity index (χ2v) is 10.1. The van der Waals surface area contributed by atoms with Crippen LogP contribution in [0.4, 0.5) is 15.9 Å². The number of thiophene rings is 1. The quantitative estimate of drug-likeness (QED) is 0.237. The molecule has 5 rings (SSSR count). The van der Waals surface area contributed by atoms with Gasteiger partial charge in [-0.05, 0) is 70.4 Å². The Labute approximate surface area is 222 Å². The van der Waals surface area contributed by atoms with Crippen molar-refractivity contribution < 1.29 is 14.0 Å². The maximum atomic E-state index is 13.7. The molecule has 1 fully saturated rings. The largest absolute Gasteiger partial charge is 0.329 e. The van der Waals surface area contributed by atoms with E-state index in [0.717, 1.165) is 11.3 Å². The number of rotatable bonds is 5. The molecule has 0 saturated carbocycles. The average Bonchev–Trinajstić information content (AvgIpc) is 3.43. The van der Waals surface area contributed by atoms with Gasteiger partial charge in [-0.1, -0.05) is 48.7 Å². The number of carbonyl (C=O) groups excluding carboxylic acids is 2. The van der Waals surface area contributed by atoms with Gasteiger partial charge in [-0.3, -0.25) is 13.9 Å². The fraction of sp³-hybridized carbons (Fsp3) is 0.148. The normalized spacial score (nSPS) is 20.0. The zero-order chi connectivity index (χ0) is 25.4. The maximum Gasteiger partial charge on any atom is 0.248 e. The third-order valence-electron chi connectivity index (χ3n) is 6.50. The first-order valence-corrected chi connectivity index (χ1v) is 12.8. The summed E-state index contributed by atoms with van der Waals surface area (Å²) < 4.78 is 14.8. The van der Waals surface area contributed by atoms with Crippen LogP contribution in [0.3, 0.4) is 0 Å². The number of nitrogens with zero attached hydrogens (tertiary/aromatic N) is 3. The molecular weight excluding hydrogens is 517 g/mol. The zero-order valence-corrected chi connectivity index (χ0v) is 21.6. The Balaban J connectivity index is 1.61. The number of piperidine rings is 1. The molecule has 0 aliphatic carbocycles. The summed E-state index contributed by atoms with van der Waals surface area (Å²) >= 11 is 12.5. The fourth-order valence-corrected chi connectivity index (χ4v) is 5.97. The van der Waals surface area contributed by atoms with Crippen molar-refractivity contribution in [1.82, 2.24) is 9.29 Å². The minimum atomic E-state index is -1.21. The van der Waals surface area contributed by atoms with Crippen LogP contribution < -0.4 is 4.90 Å². The van der Waals surface area contributed by atoms with Gasteiger partial charge in [0.1, 0.15) is 23.1 Å². The van der Waals surface area contributed by atoms with Gasteiger partial charge in [0.25, 0.3) is 0 Å². The van der Waals surface area contributed by atoms with Crippen molar-refractivity contribution in [3.8, 4) is 0 Å². The summed E-state index contributed by atoms with van der Waals surface area (Å²) in [6.45, 7) is 0. The number of hydrogen-bond donors (Lipinski definition) is 1. The van der Waals surface area contributed by atoms with E-state index in [1.54, 1.807) is 42.5 Å². The molecule has 36 heavy (non-hydrogen) atoms. The van der Waals surface area contributed by atoms with Crippen LogP contribution in [-0.2, 0) is 15.1 Å². The average molecular weight is 538 g/mol. The van der Waals surface area contributed by atoms with Crippen molar-refractivity contribution in [3.63, 3.8) is 0 Å². The van der Waals surface area contributed by atoms with E-state index in [2.05, 4.69) is 12.8 Å². The van der Waals surface area contributed by atoms with Gasteiger partial charge in [0, 0.05) is 24.2 Å². The predicted octanol–water partition coefficient (Wildman–Crippen LogP) is 6.38. The topological polar surface area (TPSA) is 53.5 Å². The Kier molecular flexibility index (Phi) is 6.59. The molecule has 2 aromatic heterocycles. The van der Waals surface area contributed by atoms with Crippen molar-refractivity contribution in [2.45, 2.75) is 17.9 Å². The number of Topliss-reactive ketones (excluding diaryl/α,β-unsaturated/α-hetero) is 1. The van der Waals surface area contributed by atoms with Crippen molar-refractivity contribution in [2.75, 3.05) is 11.9 Å². The number of amides is 1. The van der Waals surface area contributed by atoms with Crippen LogP contribution in [0, 0.1) is 5.82 Å². The van der Waals surface area contributed by atoms with Crippen LogP contribution in [0.2, 0.25) is 5.02 Å². The summed E-state index contributed by atoms with van der Waals surface area (Å²) in [6.07, 6.45) is -0.0222. The van der Waals surface area contributed by atoms with Gasteiger partial charge in [0.15, 0.2) is 5.78 Å². The molecule has 3 heterocycles. The van der Waals surface area contributed by atoms with Gasteiger partial charge in [0.2, 0.25) is 5.91 Å². The lowest BCUT2D eigenvalue weighted by Crippen LogP contribution is -2.54. The van der Waals surface area contributed by atoms with Gasteiger partial charge in [-0.15, -0.1) is 0 Å². The van der Waals surface area contributed by atoms with Crippen molar-refractivity contribution >= 4 is 58.9 Å². The third-order valence-corrected chi connectivity index (χ3v) is 8.07. The molecule has 0 N–H and O–H groups in total. The van der Waals surface area contributed by atoms with E-state index < -0.39 is 17.4 Å². The summed E-state index contributed by atoms with van der Waals surface area (Å²) in [7, 11) is 1.82. The first-order valence-electron chi connectivity index (χ1n) is 11.1. The van der Waals surface area contributed by atoms with E-state index in [0.29, 0.717) is 22.1 Å². The first-order chi connectivity index (χ1) is 17.3. The maximum absolute atomic E-state index is 13.7. The first kappa shape index (κ1) is 24.5. The van der Waals surface area contributed by atoms with E-state index in [9.17, 15) is 14.0 Å². The lowest BCUT2D eigenvalue weighted by atomic mass is 9.75. The molecule has 182 valence electrons. The van der Waals surface area contributed by atoms with Crippen LogP contribution in [-0.4, -0.2) is 28.0 Å². The van der Waals surface area contributed by atoms with Crippen LogP contribution in [0.25, 0.3) is 0 Å². The van der Waals surface area contributed by atoms with Gasteiger partial charge in [-0.25, -0.2) is 9.37 Å². The zero-order valence-electron chi connectivity index (χ0n) is 19.1. The predicted molar refractivity (Wildman–Crippen MR) is 143 cm³/mol. The minimum absolute atomic E-state index is 0.0222. The van der Waals surface area contributed by atoms with Gasteiger partial charge in [-0.2, -0.15) is 11.3 Å². The number of halogens is 2. The van der Waals surface area contributed by atoms with Gasteiger partial charge < -0.3 is 4.90 Å². The lowest BCUT2D eigenvalue weighted by Gasteiger charge is -2.45. The van der Waals surface area contributed by atoms with Gasteiger partial charge in [0.05, 0.1) is 5.69 Å². The van der Waals surface area contributed by atoms with Crippen LogP contribution in [0.5, 0.6) is 0 Å². The molecular formula is C27H21ClFN3O2S2. The van der Waals surface area contributed by atoms with Crippen molar-refractivity contribution in [2.24, 2.45) is 0 Å². The Hall–Kier alpha value is -3.20. The Morgan fingerprint density at radius 3 is 2.53 bits per heavy atom. The Morgan fingerprint density at radius 2 is 1.83 bits per heavy atom. The number of pyridine rings is 1. The summed E-state index contributed by atoms with van der Waals surface area (Å²) in [5.74, 6) is -1.53. The monoisotopic (exact) mass is 537 g/mol. The fourth-order valence-electron chi connectivity index (χ4n) is 4.60. The molecule has 2 unspecified atom stereocenters. The SMILES string of the molecule is CN(c1ccc(F)cc1)c1cccc(C2(c3ccsc3)CC(=O)C(c3ccccc3Cl)C(=O)N2S)n1. The van der Waals surface area contributed by atoms with Crippen molar-refractivity contribution in [1.29, 1.82) is 0 Å². The lowest BCUT2D eigenvalue weighted by molar-refractivity contribution is -0.142.